The van der Waals surface area contributed by atoms with Crippen LogP contribution in [0.3, 0.4) is 0 Å². The van der Waals surface area contributed by atoms with Crippen LogP contribution in [0, 0.1) is 13.8 Å². The van der Waals surface area contributed by atoms with Crippen LogP contribution in [-0.2, 0) is 13.1 Å². The van der Waals surface area contributed by atoms with Gasteiger partial charge in [0.25, 0.3) is 5.91 Å². The van der Waals surface area contributed by atoms with E-state index in [0.717, 1.165) is 34.1 Å². The number of benzene rings is 1. The van der Waals surface area contributed by atoms with Crippen LogP contribution >= 0.6 is 22.7 Å². The summed E-state index contributed by atoms with van der Waals surface area (Å²) in [6.07, 6.45) is 12.1. The first-order chi connectivity index (χ1) is 22.4. The highest BCUT2D eigenvalue weighted by Gasteiger charge is 2.34. The lowest BCUT2D eigenvalue weighted by atomic mass is 10.0. The molecule has 8 heteroatoms. The van der Waals surface area contributed by atoms with Crippen molar-refractivity contribution in [2.45, 2.75) is 92.2 Å². The SMILES string of the molecule is CCCCCCn1ccc2c(C)c3c(cc(-c4ccc(-c5[nH]c(O)c6c5C(=O)N=C6c5cccs5)s4)n3CCCCCC)c(C)c21. The molecule has 7 rings (SSSR count). The Hall–Kier alpha value is -3.88. The first kappa shape index (κ1) is 30.8. The van der Waals surface area contributed by atoms with Crippen LogP contribution in [-0.4, -0.2) is 30.8 Å². The van der Waals surface area contributed by atoms with Crippen molar-refractivity contribution in [1.29, 1.82) is 0 Å². The third-order valence-electron chi connectivity index (χ3n) is 9.57. The van der Waals surface area contributed by atoms with Crippen molar-refractivity contribution in [2.75, 3.05) is 0 Å². The molecule has 1 amide bonds. The molecule has 0 bridgehead atoms. The number of fused-ring (bicyclic) bond motifs is 3. The Balaban J connectivity index is 1.32. The maximum Gasteiger partial charge on any atom is 0.280 e. The lowest BCUT2D eigenvalue weighted by Crippen LogP contribution is -2.02. The second-order valence-corrected chi connectivity index (χ2v) is 14.6. The summed E-state index contributed by atoms with van der Waals surface area (Å²) in [6.45, 7) is 11.1. The molecule has 0 aliphatic carbocycles. The number of aliphatic imine (C=N–C) groups is 1. The molecule has 6 heterocycles. The van der Waals surface area contributed by atoms with Crippen molar-refractivity contribution in [3.8, 4) is 27.0 Å². The molecule has 238 valence electrons. The number of nitrogens with zero attached hydrogens (tertiary/aromatic N) is 3. The van der Waals surface area contributed by atoms with Gasteiger partial charge in [-0.2, -0.15) is 0 Å². The molecule has 0 fully saturated rings. The number of aromatic hydroxyl groups is 1. The van der Waals surface area contributed by atoms with Gasteiger partial charge in [0.2, 0.25) is 0 Å². The maximum atomic E-state index is 13.2. The number of aryl methyl sites for hydroxylation is 4. The number of hydrogen-bond donors (Lipinski definition) is 2. The highest BCUT2D eigenvalue weighted by Crippen LogP contribution is 2.44. The van der Waals surface area contributed by atoms with E-state index in [-0.39, 0.29) is 11.8 Å². The van der Waals surface area contributed by atoms with Crippen LogP contribution < -0.4 is 0 Å². The monoisotopic (exact) mass is 650 g/mol. The zero-order valence-corrected chi connectivity index (χ0v) is 28.8. The van der Waals surface area contributed by atoms with E-state index in [2.05, 4.69) is 77.3 Å². The van der Waals surface area contributed by atoms with E-state index in [1.54, 1.807) is 11.3 Å². The number of amides is 1. The van der Waals surface area contributed by atoms with Crippen LogP contribution in [0.25, 0.3) is 42.9 Å². The van der Waals surface area contributed by atoms with Crippen LogP contribution in [0.1, 0.15) is 97.1 Å². The quantitative estimate of drug-likeness (QED) is 0.122. The molecule has 2 N–H and O–H groups in total. The first-order valence-corrected chi connectivity index (χ1v) is 18.5. The summed E-state index contributed by atoms with van der Waals surface area (Å²) in [5.74, 6) is -0.311. The van der Waals surface area contributed by atoms with E-state index in [4.69, 9.17) is 0 Å². The van der Waals surface area contributed by atoms with Gasteiger partial charge in [-0.05, 0) is 73.5 Å². The summed E-state index contributed by atoms with van der Waals surface area (Å²) in [7, 11) is 0. The lowest BCUT2D eigenvalue weighted by molar-refractivity contribution is 0.101. The second kappa shape index (κ2) is 12.7. The summed E-state index contributed by atoms with van der Waals surface area (Å²) in [5, 5.41) is 15.6. The molecular formula is C38H42N4O2S2. The third-order valence-corrected chi connectivity index (χ3v) is 11.6. The zero-order valence-electron chi connectivity index (χ0n) is 27.2. The van der Waals surface area contributed by atoms with Gasteiger partial charge in [0.05, 0.1) is 53.9 Å². The fourth-order valence-electron chi connectivity index (χ4n) is 7.25. The molecule has 1 aromatic carbocycles. The number of thiophene rings is 2. The number of H-pyrrole nitrogens is 1. The Morgan fingerprint density at radius 2 is 1.57 bits per heavy atom. The minimum absolute atomic E-state index is 0.00365. The summed E-state index contributed by atoms with van der Waals surface area (Å²) in [6, 6.07) is 12.8. The largest absolute Gasteiger partial charge is 0.494 e. The average molecular weight is 651 g/mol. The Morgan fingerprint density at radius 1 is 0.826 bits per heavy atom. The molecule has 6 nitrogen and oxygen atoms in total. The number of carbonyl (C=O) groups excluding carboxylic acids is 1. The predicted molar refractivity (Wildman–Crippen MR) is 194 cm³/mol. The van der Waals surface area contributed by atoms with Crippen LogP contribution in [0.4, 0.5) is 0 Å². The van der Waals surface area contributed by atoms with Crippen molar-refractivity contribution >= 4 is 56.1 Å². The van der Waals surface area contributed by atoms with Crippen LogP contribution in [0.15, 0.2) is 53.0 Å². The van der Waals surface area contributed by atoms with E-state index in [1.807, 2.05) is 17.5 Å². The number of unbranched alkanes of at least 4 members (excludes halogenated alkanes) is 6. The van der Waals surface area contributed by atoms with Crippen LogP contribution in [0.2, 0.25) is 0 Å². The Kier molecular flexibility index (Phi) is 8.51. The molecule has 1 aliphatic heterocycles. The smallest absolute Gasteiger partial charge is 0.280 e. The summed E-state index contributed by atoms with van der Waals surface area (Å²) >= 11 is 3.17. The number of hydrogen-bond acceptors (Lipinski definition) is 4. The molecule has 0 unspecified atom stereocenters. The van der Waals surface area contributed by atoms with Gasteiger partial charge >= 0.3 is 0 Å². The minimum Gasteiger partial charge on any atom is -0.494 e. The maximum absolute atomic E-state index is 13.2. The van der Waals surface area contributed by atoms with Crippen LogP contribution in [0.5, 0.6) is 5.88 Å². The van der Waals surface area contributed by atoms with E-state index in [1.165, 1.54) is 94.9 Å². The number of carbonyl (C=O) groups is 1. The minimum atomic E-state index is -0.307. The summed E-state index contributed by atoms with van der Waals surface area (Å²) in [5.41, 5.74) is 8.76. The molecule has 0 atom stereocenters. The lowest BCUT2D eigenvalue weighted by Gasteiger charge is -2.14. The van der Waals surface area contributed by atoms with Gasteiger partial charge in [-0.3, -0.25) is 4.79 Å². The topological polar surface area (TPSA) is 75.3 Å². The van der Waals surface area contributed by atoms with E-state index < -0.39 is 0 Å². The highest BCUT2D eigenvalue weighted by molar-refractivity contribution is 7.18. The van der Waals surface area contributed by atoms with Crippen molar-refractivity contribution in [1.82, 2.24) is 14.1 Å². The molecule has 0 radical (unpaired) electrons. The van der Waals surface area contributed by atoms with Gasteiger partial charge in [-0.15, -0.1) is 22.7 Å². The van der Waals surface area contributed by atoms with Crippen molar-refractivity contribution in [3.63, 3.8) is 0 Å². The Bertz CT molecular complexity index is 2080. The molecule has 0 spiro atoms. The summed E-state index contributed by atoms with van der Waals surface area (Å²) < 4.78 is 5.01. The number of aromatic amines is 1. The third kappa shape index (κ3) is 5.16. The second-order valence-electron chi connectivity index (χ2n) is 12.6. The fraction of sp³-hybridized carbons (Fsp3) is 0.368. The van der Waals surface area contributed by atoms with Gasteiger partial charge in [0.15, 0.2) is 5.88 Å². The van der Waals surface area contributed by atoms with E-state index in [9.17, 15) is 9.90 Å². The normalized spacial score (nSPS) is 13.0. The van der Waals surface area contributed by atoms with Gasteiger partial charge in [-0.1, -0.05) is 58.4 Å². The zero-order chi connectivity index (χ0) is 31.9. The number of rotatable bonds is 13. The molecule has 0 saturated carbocycles. The first-order valence-electron chi connectivity index (χ1n) is 16.8. The highest BCUT2D eigenvalue weighted by atomic mass is 32.1. The van der Waals surface area contributed by atoms with E-state index in [0.29, 0.717) is 22.5 Å². The predicted octanol–water partition coefficient (Wildman–Crippen LogP) is 10.9. The Morgan fingerprint density at radius 3 is 2.30 bits per heavy atom. The van der Waals surface area contributed by atoms with Crippen molar-refractivity contribution in [2.24, 2.45) is 4.99 Å². The Labute approximate surface area is 278 Å². The van der Waals surface area contributed by atoms with Gasteiger partial charge in [-0.25, -0.2) is 4.99 Å². The molecule has 0 saturated heterocycles. The summed E-state index contributed by atoms with van der Waals surface area (Å²) in [4.78, 5) is 23.6. The van der Waals surface area contributed by atoms with Gasteiger partial charge in [0, 0.05) is 30.1 Å². The standard InChI is InChI=1S/C38H42N4O2S2/c1-5-7-9-11-18-41-20-17-25-23(3)36-26(24(4)35(25)41)22-27(42(36)19-12-10-8-6-2)28-15-16-30(46-28)34-32-31(37(43)40-34)33(39-38(32)44)29-14-13-21-45-29/h13-17,20-22,40,43H,5-12,18-19H2,1-4H3. The van der Waals surface area contributed by atoms with Gasteiger partial charge < -0.3 is 19.2 Å². The number of aromatic nitrogens is 3. The molecular weight excluding hydrogens is 609 g/mol. The van der Waals surface area contributed by atoms with Crippen molar-refractivity contribution < 1.29 is 9.90 Å². The average Bonchev–Trinajstić information content (AvgIpc) is 3.88. The van der Waals surface area contributed by atoms with Crippen molar-refractivity contribution in [3.05, 3.63) is 75.1 Å². The molecule has 1 aliphatic rings. The number of nitrogens with one attached hydrogen (secondary N) is 1. The van der Waals surface area contributed by atoms with Gasteiger partial charge in [0.1, 0.15) is 0 Å². The molecule has 5 aromatic heterocycles. The molecule has 6 aromatic rings. The fourth-order valence-corrected chi connectivity index (χ4v) is 9.00. The van der Waals surface area contributed by atoms with E-state index >= 15 is 0 Å². The molecule has 46 heavy (non-hydrogen) atoms.